The summed E-state index contributed by atoms with van der Waals surface area (Å²) in [4.78, 5) is 48.0. The van der Waals surface area contributed by atoms with Crippen molar-refractivity contribution >= 4 is 34.2 Å². The van der Waals surface area contributed by atoms with Gasteiger partial charge in [-0.2, -0.15) is 0 Å². The highest BCUT2D eigenvalue weighted by molar-refractivity contribution is 6.07. The van der Waals surface area contributed by atoms with E-state index in [1.54, 1.807) is 24.3 Å². The lowest BCUT2D eigenvalue weighted by Gasteiger charge is -2.21. The van der Waals surface area contributed by atoms with E-state index < -0.39 is 11.5 Å². The molecule has 0 atom stereocenters. The van der Waals surface area contributed by atoms with E-state index in [0.29, 0.717) is 47.7 Å². The van der Waals surface area contributed by atoms with E-state index in [9.17, 15) is 14.4 Å². The molecule has 0 radical (unpaired) electrons. The van der Waals surface area contributed by atoms with Crippen LogP contribution >= 0.6 is 0 Å². The summed E-state index contributed by atoms with van der Waals surface area (Å²) in [6, 6.07) is 17.8. The molecule has 6 rings (SSSR count). The van der Waals surface area contributed by atoms with Gasteiger partial charge in [-0.15, -0.1) is 0 Å². The third-order valence-corrected chi connectivity index (χ3v) is 6.92. The second-order valence-electron chi connectivity index (χ2n) is 9.31. The molecule has 0 saturated heterocycles. The molecule has 188 valence electrons. The maximum absolute atomic E-state index is 13.5. The van der Waals surface area contributed by atoms with Crippen LogP contribution in [0.5, 0.6) is 0 Å². The molecule has 0 spiro atoms. The highest BCUT2D eigenvalue weighted by atomic mass is 16.2. The van der Waals surface area contributed by atoms with E-state index in [1.807, 2.05) is 48.1 Å². The number of rotatable bonds is 4. The Morgan fingerprint density at radius 1 is 0.974 bits per heavy atom. The summed E-state index contributed by atoms with van der Waals surface area (Å²) in [6.45, 7) is 0. The van der Waals surface area contributed by atoms with E-state index in [2.05, 4.69) is 15.3 Å². The maximum Gasteiger partial charge on any atom is 0.268 e. The van der Waals surface area contributed by atoms with Gasteiger partial charge in [-0.3, -0.25) is 19.0 Å². The fourth-order valence-corrected chi connectivity index (χ4v) is 5.09. The Morgan fingerprint density at radius 3 is 2.50 bits per heavy atom. The minimum atomic E-state index is -0.573. The van der Waals surface area contributed by atoms with Gasteiger partial charge in [-0.25, -0.2) is 9.97 Å². The molecule has 38 heavy (non-hydrogen) atoms. The van der Waals surface area contributed by atoms with Crippen LogP contribution in [0.25, 0.3) is 27.8 Å². The number of anilines is 2. The number of carbonyl (C=O) groups is 2. The standard InChI is InChI=1S/C29H24N6O3/c1-34-15-22(25-26(30)31-16-32-27(25)34)17-10-12-18(13-11-17)33-28(37)21-14-20-23(8-5-9-24(20)36)35(29(21)38)19-6-3-2-4-7-19/h2-4,6-7,10-16H,5,8-9H2,1H3,(H,33,37)(H2,30,31,32). The average molecular weight is 505 g/mol. The van der Waals surface area contributed by atoms with Gasteiger partial charge in [0.05, 0.1) is 5.39 Å². The normalized spacial score (nSPS) is 12.9. The van der Waals surface area contributed by atoms with Crippen LogP contribution < -0.4 is 16.6 Å². The molecule has 0 fully saturated rings. The summed E-state index contributed by atoms with van der Waals surface area (Å²) in [6.07, 6.45) is 5.02. The lowest BCUT2D eigenvalue weighted by Crippen LogP contribution is -2.33. The molecule has 1 aliphatic rings. The van der Waals surface area contributed by atoms with Gasteiger partial charge in [0.2, 0.25) is 0 Å². The molecule has 3 aromatic heterocycles. The first kappa shape index (κ1) is 23.4. The Balaban J connectivity index is 1.35. The number of nitrogens with zero attached hydrogens (tertiary/aromatic N) is 4. The van der Waals surface area contributed by atoms with E-state index in [1.165, 1.54) is 17.0 Å². The van der Waals surface area contributed by atoms with Gasteiger partial charge in [-0.1, -0.05) is 30.3 Å². The van der Waals surface area contributed by atoms with Crippen LogP contribution in [0.1, 0.15) is 39.3 Å². The number of pyridine rings is 1. The first-order valence-corrected chi connectivity index (χ1v) is 12.3. The van der Waals surface area contributed by atoms with Crippen molar-refractivity contribution in [3.63, 3.8) is 0 Å². The van der Waals surface area contributed by atoms with Gasteiger partial charge in [0, 0.05) is 47.9 Å². The van der Waals surface area contributed by atoms with Crippen molar-refractivity contribution < 1.29 is 9.59 Å². The third kappa shape index (κ3) is 3.85. The Bertz CT molecular complexity index is 1790. The van der Waals surface area contributed by atoms with Crippen molar-refractivity contribution in [2.75, 3.05) is 11.1 Å². The number of hydrogen-bond donors (Lipinski definition) is 2. The Morgan fingerprint density at radius 2 is 1.74 bits per heavy atom. The molecule has 0 aliphatic heterocycles. The molecular weight excluding hydrogens is 480 g/mol. The molecule has 5 aromatic rings. The van der Waals surface area contributed by atoms with Crippen molar-refractivity contribution in [1.82, 2.24) is 19.1 Å². The second-order valence-corrected chi connectivity index (χ2v) is 9.31. The summed E-state index contributed by atoms with van der Waals surface area (Å²) in [7, 11) is 1.89. The number of para-hydroxylation sites is 1. The minimum absolute atomic E-state index is 0.0623. The van der Waals surface area contributed by atoms with Crippen LogP contribution in [0.15, 0.2) is 78.0 Å². The SMILES string of the molecule is Cn1cc(-c2ccc(NC(=O)c3cc4c(n(-c5ccccc5)c3=O)CCCC4=O)cc2)c2c(N)ncnc21. The number of benzene rings is 2. The molecule has 3 N–H and O–H groups in total. The first-order valence-electron chi connectivity index (χ1n) is 12.3. The number of fused-ring (bicyclic) bond motifs is 2. The van der Waals surface area contributed by atoms with Crippen LogP contribution in [-0.4, -0.2) is 30.8 Å². The molecule has 9 nitrogen and oxygen atoms in total. The maximum atomic E-state index is 13.5. The zero-order valence-electron chi connectivity index (χ0n) is 20.6. The molecule has 3 heterocycles. The highest BCUT2D eigenvalue weighted by Crippen LogP contribution is 2.32. The number of hydrogen-bond acceptors (Lipinski definition) is 6. The summed E-state index contributed by atoms with van der Waals surface area (Å²) in [5.74, 6) is -0.247. The smallest absolute Gasteiger partial charge is 0.268 e. The molecular formula is C29H24N6O3. The minimum Gasteiger partial charge on any atom is -0.383 e. The number of amides is 1. The molecule has 2 aromatic carbocycles. The fourth-order valence-electron chi connectivity index (χ4n) is 5.09. The quantitative estimate of drug-likeness (QED) is 0.379. The van der Waals surface area contributed by atoms with Crippen molar-refractivity contribution in [3.8, 4) is 16.8 Å². The lowest BCUT2D eigenvalue weighted by atomic mass is 9.92. The fraction of sp³-hybridized carbons (Fsp3) is 0.138. The Hall–Kier alpha value is -5.05. The Labute approximate surface area is 217 Å². The Kier molecular flexibility index (Phi) is 5.60. The number of nitrogens with one attached hydrogen (secondary N) is 1. The van der Waals surface area contributed by atoms with E-state index in [0.717, 1.165) is 22.2 Å². The number of nitrogen functional groups attached to an aromatic ring is 1. The average Bonchev–Trinajstić information content (AvgIpc) is 3.27. The number of aryl methyl sites for hydroxylation is 1. The van der Waals surface area contributed by atoms with Crippen molar-refractivity contribution in [3.05, 3.63) is 100 Å². The lowest BCUT2D eigenvalue weighted by molar-refractivity contribution is 0.0971. The summed E-state index contributed by atoms with van der Waals surface area (Å²) >= 11 is 0. The van der Waals surface area contributed by atoms with Gasteiger partial charge in [-0.05, 0) is 48.7 Å². The number of Topliss-reactive ketones (excluding diaryl/α,β-unsaturated/α-hetero) is 1. The predicted octanol–water partition coefficient (Wildman–Crippen LogP) is 4.14. The largest absolute Gasteiger partial charge is 0.383 e. The van der Waals surface area contributed by atoms with Gasteiger partial charge in [0.25, 0.3) is 11.5 Å². The van der Waals surface area contributed by atoms with E-state index in [-0.39, 0.29) is 11.3 Å². The van der Waals surface area contributed by atoms with E-state index in [4.69, 9.17) is 5.73 Å². The molecule has 0 unspecified atom stereocenters. The van der Waals surface area contributed by atoms with Gasteiger partial charge >= 0.3 is 0 Å². The van der Waals surface area contributed by atoms with Crippen molar-refractivity contribution in [1.29, 1.82) is 0 Å². The third-order valence-electron chi connectivity index (χ3n) is 6.92. The number of ketones is 1. The van der Waals surface area contributed by atoms with Crippen LogP contribution in [0.4, 0.5) is 11.5 Å². The van der Waals surface area contributed by atoms with Gasteiger partial charge in [0.15, 0.2) is 5.78 Å². The van der Waals surface area contributed by atoms with Crippen LogP contribution in [-0.2, 0) is 13.5 Å². The van der Waals surface area contributed by atoms with Gasteiger partial charge < -0.3 is 15.6 Å². The predicted molar refractivity (Wildman–Crippen MR) is 146 cm³/mol. The number of aromatic nitrogens is 4. The van der Waals surface area contributed by atoms with E-state index >= 15 is 0 Å². The molecule has 1 aliphatic carbocycles. The van der Waals surface area contributed by atoms with Gasteiger partial charge in [0.1, 0.15) is 23.4 Å². The highest BCUT2D eigenvalue weighted by Gasteiger charge is 2.26. The molecule has 0 bridgehead atoms. The summed E-state index contributed by atoms with van der Waals surface area (Å²) in [5.41, 5.74) is 10.3. The van der Waals surface area contributed by atoms with Crippen LogP contribution in [0.3, 0.4) is 0 Å². The monoisotopic (exact) mass is 504 g/mol. The zero-order chi connectivity index (χ0) is 26.4. The molecule has 1 amide bonds. The molecule has 0 saturated carbocycles. The summed E-state index contributed by atoms with van der Waals surface area (Å²) in [5, 5.41) is 3.57. The summed E-state index contributed by atoms with van der Waals surface area (Å²) < 4.78 is 3.38. The topological polar surface area (TPSA) is 125 Å². The molecule has 9 heteroatoms. The van der Waals surface area contributed by atoms with Crippen molar-refractivity contribution in [2.45, 2.75) is 19.3 Å². The van der Waals surface area contributed by atoms with Crippen molar-refractivity contribution in [2.24, 2.45) is 7.05 Å². The number of carbonyl (C=O) groups excluding carboxylic acids is 2. The zero-order valence-corrected chi connectivity index (χ0v) is 20.6. The first-order chi connectivity index (χ1) is 18.4. The second kappa shape index (κ2) is 9.11. The van der Waals surface area contributed by atoms with Crippen LogP contribution in [0, 0.1) is 0 Å². The van der Waals surface area contributed by atoms with Crippen LogP contribution in [0.2, 0.25) is 0 Å². The number of nitrogens with two attached hydrogens (primary N) is 1.